The first-order valence-electron chi connectivity index (χ1n) is 1.76. The molecular formula is C4H10MgO. The zero-order chi connectivity index (χ0) is 4.28. The summed E-state index contributed by atoms with van der Waals surface area (Å²) in [6.45, 7) is 3.43. The second-order valence-electron chi connectivity index (χ2n) is 1.06. The number of carbonyl (C=O) groups excluding carboxylic acids is 1. The minimum Gasteiger partial charge on any atom is -1.00 e. The number of carbonyl (C=O) groups is 1. The molecule has 0 aromatic rings. The van der Waals surface area contributed by atoms with E-state index in [1.165, 1.54) is 0 Å². The van der Waals surface area contributed by atoms with Gasteiger partial charge in [0.15, 0.2) is 0 Å². The van der Waals surface area contributed by atoms with E-state index >= 15 is 0 Å². The molecule has 0 fully saturated rings. The van der Waals surface area contributed by atoms with Crippen molar-refractivity contribution in [3.05, 3.63) is 0 Å². The summed E-state index contributed by atoms with van der Waals surface area (Å²) in [5.41, 5.74) is 0. The Morgan fingerprint density at radius 1 is 1.83 bits per heavy atom. The Morgan fingerprint density at radius 2 is 2.00 bits per heavy atom. The standard InChI is InChI=1S/C4H8O.Mg.2H/c1-3-4(2)5;;;/h3H2,1-2H3;;;/q;+2;2*-1. The van der Waals surface area contributed by atoms with Gasteiger partial charge in [0.05, 0.1) is 0 Å². The average molecular weight is 98.4 g/mol. The number of Topliss-reactive ketones (excluding diaryl/α,β-unsaturated/α-hetero) is 1. The molecule has 0 unspecified atom stereocenters. The van der Waals surface area contributed by atoms with Crippen molar-refractivity contribution in [2.75, 3.05) is 0 Å². The maximum atomic E-state index is 9.81. The number of hydrogen-bond acceptors (Lipinski definition) is 1. The normalized spacial score (nSPS) is 6.33. The van der Waals surface area contributed by atoms with E-state index in [0.29, 0.717) is 6.42 Å². The van der Waals surface area contributed by atoms with Crippen LogP contribution in [0.5, 0.6) is 0 Å². The van der Waals surface area contributed by atoms with Crippen LogP contribution in [0, 0.1) is 0 Å². The summed E-state index contributed by atoms with van der Waals surface area (Å²) < 4.78 is 0. The van der Waals surface area contributed by atoms with Crippen LogP contribution in [-0.4, -0.2) is 28.8 Å². The van der Waals surface area contributed by atoms with Crippen LogP contribution in [0.25, 0.3) is 0 Å². The second-order valence-corrected chi connectivity index (χ2v) is 1.06. The molecule has 0 heterocycles. The van der Waals surface area contributed by atoms with Crippen LogP contribution < -0.4 is 0 Å². The monoisotopic (exact) mass is 98.1 g/mol. The minimum atomic E-state index is 0. The average Bonchev–Trinajstić information content (AvgIpc) is 1.38. The molecule has 0 radical (unpaired) electrons. The van der Waals surface area contributed by atoms with Gasteiger partial charge in [-0.3, -0.25) is 0 Å². The maximum Gasteiger partial charge on any atom is 2.00 e. The van der Waals surface area contributed by atoms with Crippen molar-refractivity contribution in [1.29, 1.82) is 0 Å². The van der Waals surface area contributed by atoms with Gasteiger partial charge in [0.25, 0.3) is 0 Å². The predicted octanol–water partition coefficient (Wildman–Crippen LogP) is 0.830. The second kappa shape index (κ2) is 5.44. The van der Waals surface area contributed by atoms with Gasteiger partial charge in [-0.15, -0.1) is 0 Å². The summed E-state index contributed by atoms with van der Waals surface area (Å²) in [6, 6.07) is 0. The van der Waals surface area contributed by atoms with Crippen LogP contribution in [0.3, 0.4) is 0 Å². The zero-order valence-electron chi connectivity index (χ0n) is 6.32. The third-order valence-electron chi connectivity index (χ3n) is 0.498. The molecule has 0 aliphatic rings. The van der Waals surface area contributed by atoms with E-state index in [-0.39, 0.29) is 31.7 Å². The van der Waals surface area contributed by atoms with Gasteiger partial charge < -0.3 is 7.65 Å². The van der Waals surface area contributed by atoms with E-state index in [4.69, 9.17) is 0 Å². The van der Waals surface area contributed by atoms with Crippen LogP contribution in [0.2, 0.25) is 0 Å². The molecule has 0 spiro atoms. The van der Waals surface area contributed by atoms with E-state index in [1.54, 1.807) is 6.92 Å². The summed E-state index contributed by atoms with van der Waals surface area (Å²) in [5.74, 6) is 0.255. The van der Waals surface area contributed by atoms with Gasteiger partial charge in [-0.1, -0.05) is 6.92 Å². The number of hydrogen-bond donors (Lipinski definition) is 0. The molecule has 0 saturated carbocycles. The van der Waals surface area contributed by atoms with E-state index < -0.39 is 0 Å². The van der Waals surface area contributed by atoms with Crippen LogP contribution in [0.1, 0.15) is 23.1 Å². The van der Waals surface area contributed by atoms with Crippen molar-refractivity contribution in [2.24, 2.45) is 0 Å². The van der Waals surface area contributed by atoms with Crippen LogP contribution in [0.4, 0.5) is 0 Å². The van der Waals surface area contributed by atoms with Gasteiger partial charge >= 0.3 is 23.1 Å². The van der Waals surface area contributed by atoms with Crippen LogP contribution in [0.15, 0.2) is 0 Å². The number of ketones is 1. The van der Waals surface area contributed by atoms with Gasteiger partial charge in [-0.25, -0.2) is 0 Å². The summed E-state index contributed by atoms with van der Waals surface area (Å²) in [6.07, 6.45) is 0.667. The molecule has 0 N–H and O–H groups in total. The topological polar surface area (TPSA) is 17.1 Å². The summed E-state index contributed by atoms with van der Waals surface area (Å²) in [4.78, 5) is 9.81. The Labute approximate surface area is 57.2 Å². The fourth-order valence-electron chi connectivity index (χ4n) is 0. The number of rotatable bonds is 1. The molecule has 0 aromatic heterocycles. The molecular weight excluding hydrogens is 88.3 g/mol. The van der Waals surface area contributed by atoms with Crippen LogP contribution >= 0.6 is 0 Å². The van der Waals surface area contributed by atoms with Crippen molar-refractivity contribution in [2.45, 2.75) is 20.3 Å². The van der Waals surface area contributed by atoms with E-state index in [1.807, 2.05) is 6.92 Å². The first-order chi connectivity index (χ1) is 2.27. The maximum absolute atomic E-state index is 9.81. The quantitative estimate of drug-likeness (QED) is 0.444. The zero-order valence-corrected chi connectivity index (χ0v) is 5.74. The van der Waals surface area contributed by atoms with E-state index in [0.717, 1.165) is 0 Å². The Hall–Kier alpha value is 0.436. The van der Waals surface area contributed by atoms with Crippen LogP contribution in [-0.2, 0) is 4.79 Å². The molecule has 0 aromatic carbocycles. The van der Waals surface area contributed by atoms with E-state index in [2.05, 4.69) is 0 Å². The molecule has 0 rings (SSSR count). The molecule has 0 aliphatic heterocycles. The summed E-state index contributed by atoms with van der Waals surface area (Å²) >= 11 is 0. The molecule has 0 atom stereocenters. The van der Waals surface area contributed by atoms with Gasteiger partial charge in [-0.05, 0) is 6.92 Å². The SMILES string of the molecule is CCC(C)=O.[H-].[H-].[Mg+2]. The predicted molar refractivity (Wildman–Crippen MR) is 28.9 cm³/mol. The van der Waals surface area contributed by atoms with Crippen molar-refractivity contribution in [3.63, 3.8) is 0 Å². The van der Waals surface area contributed by atoms with Gasteiger partial charge in [0, 0.05) is 6.42 Å². The van der Waals surface area contributed by atoms with Gasteiger partial charge in [0.1, 0.15) is 5.78 Å². The molecule has 0 saturated heterocycles. The molecule has 2 heteroatoms. The summed E-state index contributed by atoms with van der Waals surface area (Å²) in [7, 11) is 0. The Balaban J connectivity index is -0.0000000267. The third kappa shape index (κ3) is 8.83. The fourth-order valence-corrected chi connectivity index (χ4v) is 0. The summed E-state index contributed by atoms with van der Waals surface area (Å²) in [5, 5.41) is 0. The third-order valence-corrected chi connectivity index (χ3v) is 0.498. The molecule has 34 valence electrons. The molecule has 6 heavy (non-hydrogen) atoms. The Kier molecular flexibility index (Phi) is 8.76. The molecule has 0 amide bonds. The van der Waals surface area contributed by atoms with E-state index in [9.17, 15) is 4.79 Å². The largest absolute Gasteiger partial charge is 2.00 e. The van der Waals surface area contributed by atoms with Gasteiger partial charge in [0.2, 0.25) is 0 Å². The van der Waals surface area contributed by atoms with Crippen molar-refractivity contribution >= 4 is 28.8 Å². The molecule has 0 aliphatic carbocycles. The fraction of sp³-hybridized carbons (Fsp3) is 0.750. The first-order valence-corrected chi connectivity index (χ1v) is 1.76. The first kappa shape index (κ1) is 9.66. The molecule has 0 bridgehead atoms. The Bertz CT molecular complexity index is 49.3. The smallest absolute Gasteiger partial charge is 1.00 e. The van der Waals surface area contributed by atoms with Crippen molar-refractivity contribution in [1.82, 2.24) is 0 Å². The van der Waals surface area contributed by atoms with Gasteiger partial charge in [-0.2, -0.15) is 0 Å². The van der Waals surface area contributed by atoms with Crippen molar-refractivity contribution < 1.29 is 7.65 Å². The molecule has 1 nitrogen and oxygen atoms in total. The minimum absolute atomic E-state index is 0. The van der Waals surface area contributed by atoms with Crippen molar-refractivity contribution in [3.8, 4) is 0 Å². The Morgan fingerprint density at radius 3 is 2.00 bits per heavy atom.